The van der Waals surface area contributed by atoms with E-state index < -0.39 is 0 Å². The zero-order chi connectivity index (χ0) is 24.0. The van der Waals surface area contributed by atoms with Gasteiger partial charge in [0.05, 0.1) is 12.3 Å². The van der Waals surface area contributed by atoms with E-state index in [2.05, 4.69) is 53.3 Å². The summed E-state index contributed by atoms with van der Waals surface area (Å²) in [5.41, 5.74) is 2.40. The second-order valence-electron chi connectivity index (χ2n) is 14.5. The summed E-state index contributed by atoms with van der Waals surface area (Å²) in [5, 5.41) is 24.2. The molecule has 5 saturated carbocycles. The zero-order valence-corrected chi connectivity index (χ0v) is 22.2. The predicted octanol–water partition coefficient (Wildman–Crippen LogP) is 7.46. The van der Waals surface area contributed by atoms with Crippen LogP contribution >= 0.6 is 0 Å². The van der Waals surface area contributed by atoms with Gasteiger partial charge in [-0.3, -0.25) is 0 Å². The van der Waals surface area contributed by atoms with E-state index in [1.54, 1.807) is 0 Å². The van der Waals surface area contributed by atoms with Gasteiger partial charge in [-0.2, -0.15) is 0 Å². The van der Waals surface area contributed by atoms with E-state index in [1.165, 1.54) is 50.5 Å². The highest BCUT2D eigenvalue weighted by Crippen LogP contribution is 2.77. The van der Waals surface area contributed by atoms with Crippen LogP contribution in [0.2, 0.25) is 0 Å². The van der Waals surface area contributed by atoms with Crippen LogP contribution in [0.3, 0.4) is 0 Å². The maximum atomic E-state index is 10.9. The number of fused-ring (bicyclic) bond motifs is 7. The lowest BCUT2D eigenvalue weighted by Gasteiger charge is -2.72. The topological polar surface area (TPSA) is 52.8 Å². The molecule has 5 rings (SSSR count). The number of hydrogen-bond donors (Lipinski definition) is 2. The Bertz CT molecular complexity index is 848. The van der Waals surface area contributed by atoms with Crippen molar-refractivity contribution in [2.45, 2.75) is 112 Å². The molecule has 0 heterocycles. The third-order valence-corrected chi connectivity index (χ3v) is 13.4. The fraction of sp³-hybridized carbons (Fsp3) is 0.900. The highest BCUT2D eigenvalue weighted by atomic mass is 16.4. The van der Waals surface area contributed by atoms with Crippen LogP contribution in [0.15, 0.2) is 17.3 Å². The average molecular weight is 456 g/mol. The van der Waals surface area contributed by atoms with Crippen LogP contribution in [0.25, 0.3) is 0 Å². The summed E-state index contributed by atoms with van der Waals surface area (Å²) < 4.78 is 0. The molecule has 2 N–H and O–H groups in total. The molecule has 0 radical (unpaired) electrons. The predicted molar refractivity (Wildman–Crippen MR) is 135 cm³/mol. The molecular formula is C30H49NO2. The summed E-state index contributed by atoms with van der Waals surface area (Å²) in [4.78, 5) is 0. The van der Waals surface area contributed by atoms with Crippen molar-refractivity contribution in [3.8, 4) is 0 Å². The highest BCUT2D eigenvalue weighted by molar-refractivity contribution is 5.67. The van der Waals surface area contributed by atoms with Crippen molar-refractivity contribution >= 4 is 6.21 Å². The van der Waals surface area contributed by atoms with Crippen LogP contribution < -0.4 is 0 Å². The van der Waals surface area contributed by atoms with E-state index in [1.807, 2.05) is 6.21 Å². The Kier molecular flexibility index (Phi) is 5.31. The van der Waals surface area contributed by atoms with Gasteiger partial charge >= 0.3 is 0 Å². The van der Waals surface area contributed by atoms with Crippen molar-refractivity contribution in [1.82, 2.24) is 0 Å². The molecule has 0 aromatic carbocycles. The maximum Gasteiger partial charge on any atom is 0.0594 e. The number of rotatable bonds is 2. The van der Waals surface area contributed by atoms with Gasteiger partial charge in [0, 0.05) is 5.41 Å². The van der Waals surface area contributed by atoms with Gasteiger partial charge in [-0.05, 0) is 122 Å². The minimum Gasteiger partial charge on any atom is -0.411 e. The summed E-state index contributed by atoms with van der Waals surface area (Å²) >= 11 is 0. The number of nitrogens with zero attached hydrogens (tertiary/aromatic N) is 1. The van der Waals surface area contributed by atoms with Gasteiger partial charge in [0.1, 0.15) is 0 Å². The molecule has 0 amide bonds. The van der Waals surface area contributed by atoms with Crippen molar-refractivity contribution in [1.29, 1.82) is 0 Å². The number of hydrogen-bond acceptors (Lipinski definition) is 3. The summed E-state index contributed by atoms with van der Waals surface area (Å²) in [7, 11) is 0. The lowest BCUT2D eigenvalue weighted by molar-refractivity contribution is -0.243. The van der Waals surface area contributed by atoms with E-state index in [4.69, 9.17) is 0 Å². The molecule has 0 aromatic heterocycles. The molecule has 5 fully saturated rings. The van der Waals surface area contributed by atoms with Crippen molar-refractivity contribution in [2.24, 2.45) is 61.8 Å². The molecule has 0 saturated heterocycles. The van der Waals surface area contributed by atoms with E-state index >= 15 is 0 Å². The van der Waals surface area contributed by atoms with Gasteiger partial charge in [0.15, 0.2) is 0 Å². The van der Waals surface area contributed by atoms with E-state index in [9.17, 15) is 10.3 Å². The molecule has 10 atom stereocenters. The Morgan fingerprint density at radius 1 is 0.848 bits per heavy atom. The van der Waals surface area contributed by atoms with Crippen LogP contribution in [0.5, 0.6) is 0 Å². The summed E-state index contributed by atoms with van der Waals surface area (Å²) in [5.74, 6) is 3.16. The Morgan fingerprint density at radius 3 is 2.24 bits per heavy atom. The summed E-state index contributed by atoms with van der Waals surface area (Å²) in [6, 6.07) is 0. The number of aliphatic hydroxyl groups is 1. The smallest absolute Gasteiger partial charge is 0.0594 e. The Labute approximate surface area is 202 Å². The van der Waals surface area contributed by atoms with Gasteiger partial charge in [-0.15, -0.1) is 5.16 Å². The maximum absolute atomic E-state index is 10.9. The number of allylic oxidation sites excluding steroid dienone is 1. The molecule has 5 aliphatic rings. The minimum atomic E-state index is -0.158. The largest absolute Gasteiger partial charge is 0.411 e. The molecule has 33 heavy (non-hydrogen) atoms. The second kappa shape index (κ2) is 7.34. The summed E-state index contributed by atoms with van der Waals surface area (Å²) in [6.07, 6.45) is 13.9. The van der Waals surface area contributed by atoms with Crippen LogP contribution in [-0.2, 0) is 0 Å². The second-order valence-corrected chi connectivity index (χ2v) is 14.5. The van der Waals surface area contributed by atoms with Gasteiger partial charge < -0.3 is 10.3 Å². The third kappa shape index (κ3) is 2.87. The van der Waals surface area contributed by atoms with Gasteiger partial charge in [0.25, 0.3) is 0 Å². The number of aliphatic hydroxyl groups excluding tert-OH is 1. The fourth-order valence-electron chi connectivity index (χ4n) is 11.5. The molecular weight excluding hydrogens is 406 g/mol. The van der Waals surface area contributed by atoms with Gasteiger partial charge in [-0.25, -0.2) is 0 Å². The van der Waals surface area contributed by atoms with Crippen molar-refractivity contribution in [3.05, 3.63) is 12.2 Å². The van der Waals surface area contributed by atoms with Crippen molar-refractivity contribution in [3.63, 3.8) is 0 Å². The van der Waals surface area contributed by atoms with Crippen molar-refractivity contribution < 1.29 is 10.3 Å². The highest BCUT2D eigenvalue weighted by Gasteiger charge is 2.70. The zero-order valence-electron chi connectivity index (χ0n) is 22.2. The summed E-state index contributed by atoms with van der Waals surface area (Å²) in [6.45, 7) is 19.3. The first kappa shape index (κ1) is 23.9. The molecule has 3 heteroatoms. The third-order valence-electron chi connectivity index (χ3n) is 13.4. The lowest BCUT2D eigenvalue weighted by atomic mass is 9.32. The molecule has 5 aliphatic carbocycles. The molecule has 5 unspecified atom stereocenters. The molecule has 0 spiro atoms. The van der Waals surface area contributed by atoms with Gasteiger partial charge in [-0.1, -0.05) is 46.8 Å². The molecule has 3 nitrogen and oxygen atoms in total. The standard InChI is InChI=1S/C30H49NO2/c1-19(2)20-10-15-30(18-31-33)17-16-28(6)21(25(20)30)8-9-23-27(5)13-12-24(32)26(3,4)22(27)11-14-29(23,28)7/h18,20-25,32-33H,1,8-17H2,2-7H3/b31-18+/t20?,21?,22?,23?,24-,25?,27-,28+,29+,30+/m0/s1. The first-order valence-electron chi connectivity index (χ1n) is 13.9. The van der Waals surface area contributed by atoms with Crippen LogP contribution in [-0.4, -0.2) is 22.6 Å². The van der Waals surface area contributed by atoms with Crippen molar-refractivity contribution in [2.75, 3.05) is 0 Å². The quantitative estimate of drug-likeness (QED) is 0.196. The molecule has 0 bridgehead atoms. The molecule has 0 aliphatic heterocycles. The monoisotopic (exact) mass is 455 g/mol. The Morgan fingerprint density at radius 2 is 1.58 bits per heavy atom. The average Bonchev–Trinajstić information content (AvgIpc) is 3.12. The van der Waals surface area contributed by atoms with Crippen LogP contribution in [0.1, 0.15) is 106 Å². The number of oxime groups is 1. The SMILES string of the molecule is C=C(C)C1CC[C@]2(/C=N/O)CC[C@]3(C)C(CCC4[C@@]5(C)CC[C@H](O)C(C)(C)C5CC[C@]43C)C12. The van der Waals surface area contributed by atoms with E-state index in [0.29, 0.717) is 39.9 Å². The minimum absolute atomic E-state index is 0.0158. The first-order chi connectivity index (χ1) is 15.4. The lowest BCUT2D eigenvalue weighted by Crippen LogP contribution is -2.66. The van der Waals surface area contributed by atoms with E-state index in [-0.39, 0.29) is 16.9 Å². The molecule has 0 aromatic rings. The molecule has 186 valence electrons. The Hall–Kier alpha value is -0.830. The Balaban J connectivity index is 1.56. The first-order valence-corrected chi connectivity index (χ1v) is 13.9. The van der Waals surface area contributed by atoms with E-state index in [0.717, 1.165) is 25.2 Å². The van der Waals surface area contributed by atoms with Crippen LogP contribution in [0.4, 0.5) is 0 Å². The van der Waals surface area contributed by atoms with Gasteiger partial charge in [0.2, 0.25) is 0 Å². The normalized spacial score (nSPS) is 55.4. The van der Waals surface area contributed by atoms with Crippen LogP contribution in [0, 0.1) is 56.7 Å². The fourth-order valence-corrected chi connectivity index (χ4v) is 11.5.